The first-order valence-electron chi connectivity index (χ1n) is 6.69. The van der Waals surface area contributed by atoms with E-state index in [-0.39, 0.29) is 19.0 Å². The fraction of sp³-hybridized carbons (Fsp3) is 0.375. The van der Waals surface area contributed by atoms with Gasteiger partial charge in [0, 0.05) is 15.2 Å². The maximum Gasteiger partial charge on any atom is 0.123 e. The molecule has 0 aliphatic rings. The van der Waals surface area contributed by atoms with Crippen LogP contribution in [0, 0.1) is 5.82 Å². The molecule has 1 heterocycles. The van der Waals surface area contributed by atoms with Gasteiger partial charge in [-0.25, -0.2) is 4.39 Å². The highest BCUT2D eigenvalue weighted by molar-refractivity contribution is 7.12. The van der Waals surface area contributed by atoms with Crippen LogP contribution in [0.3, 0.4) is 0 Å². The Labute approximate surface area is 122 Å². The average molecular weight is 294 g/mol. The van der Waals surface area contributed by atoms with Crippen LogP contribution in [0.5, 0.6) is 0 Å². The Bertz CT molecular complexity index is 544. The molecule has 0 atom stereocenters. The van der Waals surface area contributed by atoms with Crippen molar-refractivity contribution in [2.75, 3.05) is 13.2 Å². The van der Waals surface area contributed by atoms with Crippen molar-refractivity contribution < 1.29 is 14.6 Å². The molecule has 2 N–H and O–H groups in total. The van der Waals surface area contributed by atoms with Gasteiger partial charge in [-0.3, -0.25) is 0 Å². The third-order valence-electron chi connectivity index (χ3n) is 3.64. The zero-order valence-electron chi connectivity index (χ0n) is 11.5. The number of benzene rings is 1. The lowest BCUT2D eigenvalue weighted by molar-refractivity contribution is 0.117. The van der Waals surface area contributed by atoms with Crippen molar-refractivity contribution in [1.82, 2.24) is 0 Å². The summed E-state index contributed by atoms with van der Waals surface area (Å²) >= 11 is 1.69. The number of aliphatic hydroxyl groups is 2. The summed E-state index contributed by atoms with van der Waals surface area (Å²) in [7, 11) is 0. The topological polar surface area (TPSA) is 40.5 Å². The molecule has 0 bridgehead atoms. The standard InChI is InChI=1S/C16H19FO2S/c1-2-14-7-8-15(20-14)9-16(10-18,11-19)12-3-5-13(17)6-4-12/h3-8,18-19H,2,9-11H2,1H3. The molecule has 2 rings (SSSR count). The minimum Gasteiger partial charge on any atom is -0.395 e. The fourth-order valence-corrected chi connectivity index (χ4v) is 3.39. The predicted octanol–water partition coefficient (Wildman–Crippen LogP) is 2.91. The molecule has 0 saturated heterocycles. The summed E-state index contributed by atoms with van der Waals surface area (Å²) < 4.78 is 13.0. The van der Waals surface area contributed by atoms with Crippen LogP contribution >= 0.6 is 11.3 Å². The Morgan fingerprint density at radius 2 is 1.60 bits per heavy atom. The third kappa shape index (κ3) is 3.08. The number of rotatable bonds is 6. The van der Waals surface area contributed by atoms with Gasteiger partial charge >= 0.3 is 0 Å². The molecule has 0 saturated carbocycles. The number of aliphatic hydroxyl groups excluding tert-OH is 2. The van der Waals surface area contributed by atoms with Crippen LogP contribution in [-0.4, -0.2) is 23.4 Å². The van der Waals surface area contributed by atoms with Crippen LogP contribution < -0.4 is 0 Å². The van der Waals surface area contributed by atoms with Crippen molar-refractivity contribution >= 4 is 11.3 Å². The highest BCUT2D eigenvalue weighted by Crippen LogP contribution is 2.31. The van der Waals surface area contributed by atoms with Crippen molar-refractivity contribution in [3.05, 3.63) is 57.5 Å². The molecule has 4 heteroatoms. The quantitative estimate of drug-likeness (QED) is 0.860. The lowest BCUT2D eigenvalue weighted by Crippen LogP contribution is -2.37. The van der Waals surface area contributed by atoms with Crippen LogP contribution in [0.2, 0.25) is 0 Å². The van der Waals surface area contributed by atoms with Gasteiger partial charge in [0.05, 0.1) is 13.2 Å². The van der Waals surface area contributed by atoms with Gasteiger partial charge in [-0.2, -0.15) is 0 Å². The number of hydrogen-bond donors (Lipinski definition) is 2. The van der Waals surface area contributed by atoms with E-state index < -0.39 is 5.41 Å². The number of aryl methyl sites for hydroxylation is 1. The summed E-state index contributed by atoms with van der Waals surface area (Å²) in [5.74, 6) is -0.317. The molecule has 0 aliphatic carbocycles. The lowest BCUT2D eigenvalue weighted by atomic mass is 9.78. The van der Waals surface area contributed by atoms with E-state index in [1.807, 2.05) is 6.07 Å². The van der Waals surface area contributed by atoms with Crippen LogP contribution in [0.15, 0.2) is 36.4 Å². The van der Waals surface area contributed by atoms with Crippen LogP contribution in [0.25, 0.3) is 0 Å². The molecule has 0 unspecified atom stereocenters. The third-order valence-corrected chi connectivity index (χ3v) is 4.87. The van der Waals surface area contributed by atoms with Crippen LogP contribution in [0.4, 0.5) is 4.39 Å². The van der Waals surface area contributed by atoms with E-state index in [2.05, 4.69) is 13.0 Å². The molecular formula is C16H19FO2S. The second-order valence-corrected chi connectivity index (χ2v) is 6.25. The van der Waals surface area contributed by atoms with E-state index in [0.29, 0.717) is 6.42 Å². The van der Waals surface area contributed by atoms with E-state index >= 15 is 0 Å². The number of thiophene rings is 1. The molecule has 0 spiro atoms. The van der Waals surface area contributed by atoms with Gasteiger partial charge in [-0.05, 0) is 42.7 Å². The van der Waals surface area contributed by atoms with Crippen LogP contribution in [-0.2, 0) is 18.3 Å². The van der Waals surface area contributed by atoms with Crippen molar-refractivity contribution in [2.45, 2.75) is 25.2 Å². The molecule has 20 heavy (non-hydrogen) atoms. The van der Waals surface area contributed by atoms with E-state index in [9.17, 15) is 14.6 Å². The first kappa shape index (κ1) is 15.2. The predicted molar refractivity (Wildman–Crippen MR) is 79.7 cm³/mol. The van der Waals surface area contributed by atoms with E-state index in [0.717, 1.165) is 16.9 Å². The first-order valence-corrected chi connectivity index (χ1v) is 7.50. The monoisotopic (exact) mass is 294 g/mol. The summed E-state index contributed by atoms with van der Waals surface area (Å²) in [6.45, 7) is 1.75. The van der Waals surface area contributed by atoms with Gasteiger partial charge in [-0.1, -0.05) is 19.1 Å². The zero-order chi connectivity index (χ0) is 14.6. The summed E-state index contributed by atoms with van der Waals surface area (Å²) in [4.78, 5) is 2.40. The normalized spacial score (nSPS) is 11.8. The Morgan fingerprint density at radius 1 is 1.00 bits per heavy atom. The number of hydrogen-bond acceptors (Lipinski definition) is 3. The SMILES string of the molecule is CCc1ccc(CC(CO)(CO)c2ccc(F)cc2)s1. The smallest absolute Gasteiger partial charge is 0.123 e. The summed E-state index contributed by atoms with van der Waals surface area (Å²) in [6.07, 6.45) is 1.53. The first-order chi connectivity index (χ1) is 9.63. The van der Waals surface area contributed by atoms with Crippen molar-refractivity contribution in [3.63, 3.8) is 0 Å². The Balaban J connectivity index is 2.31. The van der Waals surface area contributed by atoms with Crippen molar-refractivity contribution in [2.24, 2.45) is 0 Å². The molecule has 1 aromatic carbocycles. The molecule has 0 radical (unpaired) electrons. The van der Waals surface area contributed by atoms with Gasteiger partial charge in [-0.15, -0.1) is 11.3 Å². The number of halogens is 1. The highest BCUT2D eigenvalue weighted by Gasteiger charge is 2.32. The van der Waals surface area contributed by atoms with Gasteiger partial charge in [0.25, 0.3) is 0 Å². The minimum atomic E-state index is -0.760. The van der Waals surface area contributed by atoms with Gasteiger partial charge < -0.3 is 10.2 Å². The van der Waals surface area contributed by atoms with Gasteiger partial charge in [0.15, 0.2) is 0 Å². The summed E-state index contributed by atoms with van der Waals surface area (Å²) in [5.41, 5.74) is -0.000771. The second-order valence-electron chi connectivity index (χ2n) is 5.00. The highest BCUT2D eigenvalue weighted by atomic mass is 32.1. The lowest BCUT2D eigenvalue weighted by Gasteiger charge is -2.30. The van der Waals surface area contributed by atoms with Crippen molar-refractivity contribution in [1.29, 1.82) is 0 Å². The molecule has 1 aromatic heterocycles. The minimum absolute atomic E-state index is 0.172. The Kier molecular flexibility index (Phi) is 4.91. The molecule has 0 aliphatic heterocycles. The summed E-state index contributed by atoms with van der Waals surface area (Å²) in [5, 5.41) is 19.6. The maximum atomic E-state index is 13.0. The fourth-order valence-electron chi connectivity index (χ4n) is 2.29. The van der Waals surface area contributed by atoms with Gasteiger partial charge in [0.1, 0.15) is 5.82 Å². The zero-order valence-corrected chi connectivity index (χ0v) is 12.3. The van der Waals surface area contributed by atoms with E-state index in [1.54, 1.807) is 23.5 Å². The molecule has 2 aromatic rings. The molecule has 2 nitrogen and oxygen atoms in total. The molecule has 0 fully saturated rings. The molecular weight excluding hydrogens is 275 g/mol. The average Bonchev–Trinajstić information content (AvgIpc) is 2.93. The molecule has 0 amide bonds. The Hall–Kier alpha value is -1.23. The summed E-state index contributed by atoms with van der Waals surface area (Å²) in [6, 6.07) is 10.1. The van der Waals surface area contributed by atoms with Crippen LogP contribution in [0.1, 0.15) is 22.2 Å². The van der Waals surface area contributed by atoms with Crippen molar-refractivity contribution in [3.8, 4) is 0 Å². The maximum absolute atomic E-state index is 13.0. The largest absolute Gasteiger partial charge is 0.395 e. The van der Waals surface area contributed by atoms with Gasteiger partial charge in [0.2, 0.25) is 0 Å². The van der Waals surface area contributed by atoms with E-state index in [1.165, 1.54) is 17.0 Å². The van der Waals surface area contributed by atoms with E-state index in [4.69, 9.17) is 0 Å². The second kappa shape index (κ2) is 6.48. The molecule has 108 valence electrons. The Morgan fingerprint density at radius 3 is 2.10 bits per heavy atom.